The van der Waals surface area contributed by atoms with Crippen molar-refractivity contribution in [3.63, 3.8) is 0 Å². The lowest BCUT2D eigenvalue weighted by Crippen LogP contribution is -2.03. The van der Waals surface area contributed by atoms with Gasteiger partial charge in [-0.3, -0.25) is 0 Å². The molecule has 0 amide bonds. The minimum atomic E-state index is -1.05. The van der Waals surface area contributed by atoms with Gasteiger partial charge in [0.2, 0.25) is 0 Å². The van der Waals surface area contributed by atoms with Gasteiger partial charge in [0.1, 0.15) is 10.7 Å². The minimum absolute atomic E-state index is 0.0864. The third-order valence-corrected chi connectivity index (χ3v) is 3.67. The van der Waals surface area contributed by atoms with Crippen molar-refractivity contribution in [1.82, 2.24) is 9.78 Å². The number of carboxylic acids is 1. The van der Waals surface area contributed by atoms with E-state index in [1.165, 1.54) is 4.68 Å². The monoisotopic (exact) mass is 356 g/mol. The van der Waals surface area contributed by atoms with E-state index in [9.17, 15) is 9.90 Å². The highest BCUT2D eigenvalue weighted by atomic mass is 79.9. The van der Waals surface area contributed by atoms with Crippen molar-refractivity contribution in [2.75, 3.05) is 0 Å². The molecule has 1 N–H and O–H groups in total. The van der Waals surface area contributed by atoms with Gasteiger partial charge >= 0.3 is 5.97 Å². The smallest absolute Gasteiger partial charge is 0.340 e. The molecule has 0 aliphatic heterocycles. The minimum Gasteiger partial charge on any atom is -0.478 e. The van der Waals surface area contributed by atoms with Gasteiger partial charge in [0, 0.05) is 4.47 Å². The van der Waals surface area contributed by atoms with Gasteiger partial charge in [-0.15, -0.1) is 0 Å². The molecule has 0 radical (unpaired) electrons. The van der Waals surface area contributed by atoms with Crippen LogP contribution in [0.15, 0.2) is 28.7 Å². The third-order valence-electron chi connectivity index (χ3n) is 2.79. The Morgan fingerprint density at radius 3 is 2.50 bits per heavy atom. The Balaban J connectivity index is 2.54. The molecule has 0 saturated heterocycles. The Kier molecular flexibility index (Phi) is 4.50. The van der Waals surface area contributed by atoms with Crippen LogP contribution in [0, 0.1) is 5.92 Å². The van der Waals surface area contributed by atoms with Crippen LogP contribution in [0.1, 0.15) is 29.9 Å². The van der Waals surface area contributed by atoms with Gasteiger partial charge in [-0.25, -0.2) is 9.48 Å². The van der Waals surface area contributed by atoms with Crippen molar-refractivity contribution in [1.29, 1.82) is 0 Å². The highest BCUT2D eigenvalue weighted by Gasteiger charge is 2.23. The Morgan fingerprint density at radius 1 is 1.40 bits per heavy atom. The molecule has 0 aliphatic rings. The maximum atomic E-state index is 11.4. The highest BCUT2D eigenvalue weighted by Crippen LogP contribution is 2.26. The number of benzene rings is 1. The standard InChI is InChI=1S/C14H14BrClN2O2/c1-8(2)7-11-12(14(19)20)13(16)18(17-11)10-5-3-9(15)4-6-10/h3-6,8H,7H2,1-2H3,(H,19,20). The van der Waals surface area contributed by atoms with E-state index in [1.54, 1.807) is 0 Å². The second kappa shape index (κ2) is 5.97. The Hall–Kier alpha value is -1.33. The fourth-order valence-electron chi connectivity index (χ4n) is 1.93. The molecule has 0 bridgehead atoms. The summed E-state index contributed by atoms with van der Waals surface area (Å²) in [6.45, 7) is 4.02. The van der Waals surface area contributed by atoms with E-state index in [4.69, 9.17) is 11.6 Å². The number of hydrogen-bond donors (Lipinski definition) is 1. The number of halogens is 2. The summed E-state index contributed by atoms with van der Waals surface area (Å²) in [7, 11) is 0. The van der Waals surface area contributed by atoms with E-state index in [0.29, 0.717) is 18.0 Å². The van der Waals surface area contributed by atoms with Crippen LogP contribution >= 0.6 is 27.5 Å². The second-order valence-corrected chi connectivity index (χ2v) is 6.18. The zero-order valence-electron chi connectivity index (χ0n) is 11.1. The number of rotatable bonds is 4. The Bertz CT molecular complexity index is 635. The largest absolute Gasteiger partial charge is 0.478 e. The number of hydrogen-bond acceptors (Lipinski definition) is 2. The van der Waals surface area contributed by atoms with Crippen LogP contribution in [0.4, 0.5) is 0 Å². The molecule has 1 aromatic carbocycles. The topological polar surface area (TPSA) is 55.1 Å². The first-order valence-electron chi connectivity index (χ1n) is 6.16. The first kappa shape index (κ1) is 15.1. The summed E-state index contributed by atoms with van der Waals surface area (Å²) in [6, 6.07) is 7.37. The lowest BCUT2D eigenvalue weighted by atomic mass is 10.1. The summed E-state index contributed by atoms with van der Waals surface area (Å²) < 4.78 is 2.40. The SMILES string of the molecule is CC(C)Cc1nn(-c2ccc(Br)cc2)c(Cl)c1C(=O)O. The molecule has 0 saturated carbocycles. The van der Waals surface area contributed by atoms with E-state index in [0.717, 1.165) is 10.2 Å². The summed E-state index contributed by atoms with van der Waals surface area (Å²) in [5.74, 6) is -0.744. The average molecular weight is 358 g/mol. The molecule has 0 fully saturated rings. The predicted octanol–water partition coefficient (Wildman–Crippen LogP) is 4.18. The second-order valence-electron chi connectivity index (χ2n) is 4.90. The number of carbonyl (C=O) groups is 1. The van der Waals surface area contributed by atoms with Gasteiger partial charge in [0.25, 0.3) is 0 Å². The van der Waals surface area contributed by atoms with Crippen LogP contribution in [0.25, 0.3) is 5.69 Å². The summed E-state index contributed by atoms with van der Waals surface area (Å²) in [6.07, 6.45) is 0.574. The maximum Gasteiger partial charge on any atom is 0.340 e. The molecule has 106 valence electrons. The summed E-state index contributed by atoms with van der Waals surface area (Å²) in [5.41, 5.74) is 1.33. The van der Waals surface area contributed by atoms with Gasteiger partial charge in [-0.05, 0) is 36.6 Å². The van der Waals surface area contributed by atoms with Crippen molar-refractivity contribution >= 4 is 33.5 Å². The first-order valence-corrected chi connectivity index (χ1v) is 7.34. The maximum absolute atomic E-state index is 11.4. The van der Waals surface area contributed by atoms with E-state index in [-0.39, 0.29) is 10.7 Å². The van der Waals surface area contributed by atoms with Crippen molar-refractivity contribution in [3.05, 3.63) is 45.1 Å². The van der Waals surface area contributed by atoms with Crippen LogP contribution in [0.3, 0.4) is 0 Å². The summed E-state index contributed by atoms with van der Waals surface area (Å²) in [5, 5.41) is 13.8. The summed E-state index contributed by atoms with van der Waals surface area (Å²) >= 11 is 9.55. The van der Waals surface area contributed by atoms with Crippen molar-refractivity contribution < 1.29 is 9.90 Å². The first-order chi connectivity index (χ1) is 9.40. The molecule has 0 spiro atoms. The predicted molar refractivity (Wildman–Crippen MR) is 81.8 cm³/mol. The van der Waals surface area contributed by atoms with Crippen LogP contribution in [0.2, 0.25) is 5.15 Å². The molecular weight excluding hydrogens is 344 g/mol. The van der Waals surface area contributed by atoms with Crippen LogP contribution < -0.4 is 0 Å². The van der Waals surface area contributed by atoms with Gasteiger partial charge in [0.15, 0.2) is 0 Å². The summed E-state index contributed by atoms with van der Waals surface area (Å²) in [4.78, 5) is 11.4. The highest BCUT2D eigenvalue weighted by molar-refractivity contribution is 9.10. The Morgan fingerprint density at radius 2 is 2.00 bits per heavy atom. The van der Waals surface area contributed by atoms with Gasteiger partial charge in [0.05, 0.1) is 11.4 Å². The fourth-order valence-corrected chi connectivity index (χ4v) is 2.52. The van der Waals surface area contributed by atoms with E-state index in [2.05, 4.69) is 21.0 Å². The Labute approximate surface area is 130 Å². The molecule has 0 atom stereocenters. The van der Waals surface area contributed by atoms with Gasteiger partial charge < -0.3 is 5.11 Å². The molecule has 0 unspecified atom stereocenters. The fraction of sp³-hybridized carbons (Fsp3) is 0.286. The molecule has 20 heavy (non-hydrogen) atoms. The van der Waals surface area contributed by atoms with Crippen LogP contribution in [0.5, 0.6) is 0 Å². The normalized spacial score (nSPS) is 11.1. The zero-order chi connectivity index (χ0) is 14.9. The number of aromatic carboxylic acids is 1. The number of carboxylic acid groups (broad SMARTS) is 1. The molecular formula is C14H14BrClN2O2. The van der Waals surface area contributed by atoms with Gasteiger partial charge in [-0.2, -0.15) is 5.10 Å². The molecule has 2 rings (SSSR count). The molecule has 0 aliphatic carbocycles. The molecule has 1 aromatic heterocycles. The van der Waals surface area contributed by atoms with E-state index in [1.807, 2.05) is 38.1 Å². The van der Waals surface area contributed by atoms with Gasteiger partial charge in [-0.1, -0.05) is 41.4 Å². The van der Waals surface area contributed by atoms with Crippen LogP contribution in [-0.4, -0.2) is 20.9 Å². The third kappa shape index (κ3) is 3.04. The van der Waals surface area contributed by atoms with Crippen molar-refractivity contribution in [2.24, 2.45) is 5.92 Å². The lowest BCUT2D eigenvalue weighted by Gasteiger charge is -2.03. The molecule has 1 heterocycles. The van der Waals surface area contributed by atoms with E-state index < -0.39 is 5.97 Å². The van der Waals surface area contributed by atoms with Crippen molar-refractivity contribution in [2.45, 2.75) is 20.3 Å². The molecule has 6 heteroatoms. The molecule has 4 nitrogen and oxygen atoms in total. The van der Waals surface area contributed by atoms with Crippen molar-refractivity contribution in [3.8, 4) is 5.69 Å². The average Bonchev–Trinajstić information content (AvgIpc) is 2.66. The molecule has 2 aromatic rings. The lowest BCUT2D eigenvalue weighted by molar-refractivity contribution is 0.0696. The van der Waals surface area contributed by atoms with E-state index >= 15 is 0 Å². The number of nitrogens with zero attached hydrogens (tertiary/aromatic N) is 2. The van der Waals surface area contributed by atoms with Crippen LogP contribution in [-0.2, 0) is 6.42 Å². The quantitative estimate of drug-likeness (QED) is 0.893. The number of aromatic nitrogens is 2. The zero-order valence-corrected chi connectivity index (χ0v) is 13.4.